The van der Waals surface area contributed by atoms with Crippen LogP contribution in [0.5, 0.6) is 0 Å². The molecule has 0 radical (unpaired) electrons. The Hall–Kier alpha value is -1.82. The van der Waals surface area contributed by atoms with Gasteiger partial charge in [-0.25, -0.2) is 0 Å². The highest BCUT2D eigenvalue weighted by Crippen LogP contribution is 2.29. The molecule has 2 rings (SSSR count). The molecular weight excluding hydrogens is 255 g/mol. The summed E-state index contributed by atoms with van der Waals surface area (Å²) in [5.41, 5.74) is 7.54. The van der Waals surface area contributed by atoms with Crippen molar-refractivity contribution in [2.45, 2.75) is 26.2 Å². The summed E-state index contributed by atoms with van der Waals surface area (Å²) >= 11 is 0. The third-order valence-electron chi connectivity index (χ3n) is 3.04. The molecule has 19 heavy (non-hydrogen) atoms. The van der Waals surface area contributed by atoms with E-state index in [9.17, 15) is 13.2 Å². The number of benzene rings is 1. The Morgan fingerprint density at radius 1 is 1.21 bits per heavy atom. The Labute approximate surface area is 108 Å². The third kappa shape index (κ3) is 2.96. The zero-order valence-corrected chi connectivity index (χ0v) is 10.4. The minimum Gasteiger partial charge on any atom is -0.326 e. The highest BCUT2D eigenvalue weighted by atomic mass is 19.4. The van der Waals surface area contributed by atoms with E-state index in [-0.39, 0.29) is 0 Å². The van der Waals surface area contributed by atoms with Gasteiger partial charge in [-0.2, -0.15) is 18.3 Å². The van der Waals surface area contributed by atoms with Crippen LogP contribution in [0.25, 0.3) is 0 Å². The van der Waals surface area contributed by atoms with Crippen LogP contribution in [0.3, 0.4) is 0 Å². The maximum absolute atomic E-state index is 12.4. The van der Waals surface area contributed by atoms with Crippen LogP contribution in [-0.4, -0.2) is 9.78 Å². The van der Waals surface area contributed by atoms with Gasteiger partial charge in [0.2, 0.25) is 0 Å². The molecule has 102 valence electrons. The van der Waals surface area contributed by atoms with Crippen molar-refractivity contribution in [3.05, 3.63) is 52.8 Å². The van der Waals surface area contributed by atoms with Gasteiger partial charge in [-0.1, -0.05) is 12.1 Å². The molecule has 0 aliphatic heterocycles. The molecule has 0 fully saturated rings. The number of hydrogen-bond donors (Lipinski definition) is 1. The number of alkyl halides is 3. The molecule has 0 atom stereocenters. The zero-order valence-electron chi connectivity index (χ0n) is 10.4. The number of nitrogens with zero attached hydrogens (tertiary/aromatic N) is 2. The van der Waals surface area contributed by atoms with Crippen LogP contribution in [-0.2, 0) is 19.3 Å². The van der Waals surface area contributed by atoms with Crippen molar-refractivity contribution in [1.82, 2.24) is 9.78 Å². The van der Waals surface area contributed by atoms with Crippen molar-refractivity contribution in [2.75, 3.05) is 0 Å². The third-order valence-corrected chi connectivity index (χ3v) is 3.04. The maximum atomic E-state index is 12.4. The van der Waals surface area contributed by atoms with Crippen molar-refractivity contribution in [3.63, 3.8) is 0 Å². The second-order valence-electron chi connectivity index (χ2n) is 4.31. The van der Waals surface area contributed by atoms with E-state index < -0.39 is 11.7 Å². The van der Waals surface area contributed by atoms with E-state index in [1.54, 1.807) is 10.9 Å². The lowest BCUT2D eigenvalue weighted by Gasteiger charge is -2.09. The first-order valence-corrected chi connectivity index (χ1v) is 5.79. The molecule has 0 saturated heterocycles. The van der Waals surface area contributed by atoms with E-state index >= 15 is 0 Å². The molecule has 0 aliphatic rings. The van der Waals surface area contributed by atoms with Gasteiger partial charge in [0.05, 0.1) is 18.3 Å². The summed E-state index contributed by atoms with van der Waals surface area (Å²) in [7, 11) is 0. The summed E-state index contributed by atoms with van der Waals surface area (Å²) in [6.45, 7) is 2.72. The molecule has 0 spiro atoms. The first-order chi connectivity index (χ1) is 8.91. The second kappa shape index (κ2) is 5.05. The summed E-state index contributed by atoms with van der Waals surface area (Å²) in [6, 6.07) is 5.09. The lowest BCUT2D eigenvalue weighted by atomic mass is 10.1. The molecule has 0 saturated carbocycles. The summed E-state index contributed by atoms with van der Waals surface area (Å²) in [5.74, 6) is 0. The van der Waals surface area contributed by atoms with Crippen molar-refractivity contribution in [2.24, 2.45) is 5.73 Å². The van der Waals surface area contributed by atoms with Gasteiger partial charge >= 0.3 is 6.18 Å². The number of hydrogen-bond acceptors (Lipinski definition) is 2. The molecule has 1 aromatic carbocycles. The van der Waals surface area contributed by atoms with Crippen molar-refractivity contribution in [3.8, 4) is 0 Å². The zero-order chi connectivity index (χ0) is 14.0. The van der Waals surface area contributed by atoms with Gasteiger partial charge in [-0.05, 0) is 24.6 Å². The molecule has 2 aromatic rings. The lowest BCUT2D eigenvalue weighted by Crippen LogP contribution is -2.07. The highest BCUT2D eigenvalue weighted by Gasteiger charge is 2.29. The number of rotatable bonds is 3. The predicted molar refractivity (Wildman–Crippen MR) is 65.4 cm³/mol. The molecular formula is C13H14F3N3. The van der Waals surface area contributed by atoms with E-state index in [1.165, 1.54) is 12.1 Å². The molecule has 1 aromatic heterocycles. The lowest BCUT2D eigenvalue weighted by molar-refractivity contribution is -0.137. The standard InChI is InChI=1S/C13H14F3N3/c1-9-11(6-17)7-18-19(9)8-10-2-4-12(5-3-10)13(14,15)16/h2-5,7H,6,8,17H2,1H3. The molecule has 1 heterocycles. The fourth-order valence-corrected chi connectivity index (χ4v) is 1.82. The van der Waals surface area contributed by atoms with Gasteiger partial charge in [-0.15, -0.1) is 0 Å². The van der Waals surface area contributed by atoms with Gasteiger partial charge in [0.25, 0.3) is 0 Å². The van der Waals surface area contributed by atoms with Gasteiger partial charge in [0.15, 0.2) is 0 Å². The minimum atomic E-state index is -4.30. The molecule has 0 bridgehead atoms. The maximum Gasteiger partial charge on any atom is 0.416 e. The summed E-state index contributed by atoms with van der Waals surface area (Å²) < 4.78 is 39.0. The number of nitrogens with two attached hydrogens (primary N) is 1. The SMILES string of the molecule is Cc1c(CN)cnn1Cc1ccc(C(F)(F)F)cc1. The van der Waals surface area contributed by atoms with Crippen LogP contribution in [0, 0.1) is 6.92 Å². The number of aromatic nitrogens is 2. The first-order valence-electron chi connectivity index (χ1n) is 5.79. The summed E-state index contributed by atoms with van der Waals surface area (Å²) in [5, 5.41) is 4.17. The normalized spacial score (nSPS) is 11.8. The van der Waals surface area contributed by atoms with E-state index in [2.05, 4.69) is 5.10 Å². The topological polar surface area (TPSA) is 43.8 Å². The molecule has 0 amide bonds. The van der Waals surface area contributed by atoms with Gasteiger partial charge in [-0.3, -0.25) is 4.68 Å². The van der Waals surface area contributed by atoms with Crippen molar-refractivity contribution in [1.29, 1.82) is 0 Å². The molecule has 2 N–H and O–H groups in total. The van der Waals surface area contributed by atoms with Crippen LogP contribution in [0.1, 0.15) is 22.4 Å². The van der Waals surface area contributed by atoms with Crippen LogP contribution in [0.2, 0.25) is 0 Å². The molecule has 0 aliphatic carbocycles. The Kier molecular flexibility index (Phi) is 3.61. The Balaban J connectivity index is 2.17. The van der Waals surface area contributed by atoms with Gasteiger partial charge in [0, 0.05) is 17.8 Å². The highest BCUT2D eigenvalue weighted by molar-refractivity contribution is 5.25. The Morgan fingerprint density at radius 3 is 2.32 bits per heavy atom. The molecule has 6 heteroatoms. The predicted octanol–water partition coefficient (Wildman–Crippen LogP) is 2.72. The summed E-state index contributed by atoms with van der Waals surface area (Å²) in [6.07, 6.45) is -2.62. The monoisotopic (exact) mass is 269 g/mol. The van der Waals surface area contributed by atoms with Crippen LogP contribution in [0.15, 0.2) is 30.5 Å². The fraction of sp³-hybridized carbons (Fsp3) is 0.308. The van der Waals surface area contributed by atoms with Crippen LogP contribution >= 0.6 is 0 Å². The van der Waals surface area contributed by atoms with E-state index in [0.29, 0.717) is 13.1 Å². The van der Waals surface area contributed by atoms with E-state index in [1.807, 2.05) is 6.92 Å². The van der Waals surface area contributed by atoms with Crippen molar-refractivity contribution >= 4 is 0 Å². The average Bonchev–Trinajstić information content (AvgIpc) is 2.70. The molecule has 0 unspecified atom stereocenters. The van der Waals surface area contributed by atoms with E-state index in [4.69, 9.17) is 5.73 Å². The van der Waals surface area contributed by atoms with Crippen LogP contribution in [0.4, 0.5) is 13.2 Å². The average molecular weight is 269 g/mol. The Bertz CT molecular complexity index is 556. The summed E-state index contributed by atoms with van der Waals surface area (Å²) in [4.78, 5) is 0. The van der Waals surface area contributed by atoms with Crippen molar-refractivity contribution < 1.29 is 13.2 Å². The van der Waals surface area contributed by atoms with E-state index in [0.717, 1.165) is 29.0 Å². The largest absolute Gasteiger partial charge is 0.416 e. The number of halogens is 3. The minimum absolute atomic E-state index is 0.402. The fourth-order valence-electron chi connectivity index (χ4n) is 1.82. The quantitative estimate of drug-likeness (QED) is 0.931. The van der Waals surface area contributed by atoms with Gasteiger partial charge < -0.3 is 5.73 Å². The second-order valence-corrected chi connectivity index (χ2v) is 4.31. The molecule has 3 nitrogen and oxygen atoms in total. The van der Waals surface area contributed by atoms with Gasteiger partial charge in [0.1, 0.15) is 0 Å². The smallest absolute Gasteiger partial charge is 0.326 e. The Morgan fingerprint density at radius 2 is 1.84 bits per heavy atom. The first kappa shape index (κ1) is 13.6. The van der Waals surface area contributed by atoms with Crippen LogP contribution < -0.4 is 5.73 Å².